The van der Waals surface area contributed by atoms with Gasteiger partial charge >= 0.3 is 0 Å². The van der Waals surface area contributed by atoms with E-state index >= 15 is 0 Å². The van der Waals surface area contributed by atoms with Crippen LogP contribution in [0.25, 0.3) is 0 Å². The standard InChI is InChI=1S/C17H17F3N4O4S/c1-24-6-13-16(28-7-8-4-21-5-12(8)23-29(13,26)27)15(24)17(25)22-9-2-10(18)14(20)11(19)3-9/h2-3,6,8,12,21,23H,4-5,7H2,1H3,(H,22,25). The molecule has 0 radical (unpaired) electrons. The monoisotopic (exact) mass is 430 g/mol. The molecule has 1 aromatic heterocycles. The molecule has 0 spiro atoms. The van der Waals surface area contributed by atoms with Gasteiger partial charge in [0.2, 0.25) is 10.0 Å². The van der Waals surface area contributed by atoms with Crippen molar-refractivity contribution in [3.63, 3.8) is 0 Å². The summed E-state index contributed by atoms with van der Waals surface area (Å²) in [4.78, 5) is 12.5. The summed E-state index contributed by atoms with van der Waals surface area (Å²) in [7, 11) is -2.53. The van der Waals surface area contributed by atoms with Crippen LogP contribution in [0.5, 0.6) is 5.75 Å². The molecule has 0 aliphatic carbocycles. The van der Waals surface area contributed by atoms with Crippen LogP contribution in [0.1, 0.15) is 10.5 Å². The Morgan fingerprint density at radius 1 is 1.24 bits per heavy atom. The number of aromatic nitrogens is 1. The van der Waals surface area contributed by atoms with Gasteiger partial charge < -0.3 is 19.9 Å². The summed E-state index contributed by atoms with van der Waals surface area (Å²) in [5.74, 6) is -5.75. The summed E-state index contributed by atoms with van der Waals surface area (Å²) in [5.41, 5.74) is -0.479. The number of nitrogens with one attached hydrogen (secondary N) is 3. The van der Waals surface area contributed by atoms with E-state index in [9.17, 15) is 26.4 Å². The molecular weight excluding hydrogens is 413 g/mol. The number of hydrogen-bond donors (Lipinski definition) is 3. The number of halogens is 3. The Morgan fingerprint density at radius 3 is 2.62 bits per heavy atom. The second-order valence-corrected chi connectivity index (χ2v) is 8.63. The Bertz CT molecular complexity index is 1080. The number of hydrogen-bond acceptors (Lipinski definition) is 5. The van der Waals surface area contributed by atoms with Gasteiger partial charge in [-0.1, -0.05) is 0 Å². The second-order valence-electron chi connectivity index (χ2n) is 6.95. The summed E-state index contributed by atoms with van der Waals surface area (Å²) in [6, 6.07) is 0.907. The van der Waals surface area contributed by atoms with Gasteiger partial charge in [-0.3, -0.25) is 4.79 Å². The third-order valence-electron chi connectivity index (χ3n) is 4.94. The maximum atomic E-state index is 13.4. The Morgan fingerprint density at radius 2 is 1.93 bits per heavy atom. The van der Waals surface area contributed by atoms with Gasteiger partial charge in [-0.2, -0.15) is 0 Å². The number of fused-ring (bicyclic) bond motifs is 2. The SMILES string of the molecule is Cn1cc2c(c1C(=O)Nc1cc(F)c(F)c(F)c1)OCC1CNCC1NS2(=O)=O. The molecule has 0 bridgehead atoms. The molecule has 0 saturated carbocycles. The molecule has 2 aliphatic rings. The van der Waals surface area contributed by atoms with Crippen LogP contribution in [0, 0.1) is 23.4 Å². The van der Waals surface area contributed by atoms with Gasteiger partial charge in [0.25, 0.3) is 5.91 Å². The molecular formula is C17H17F3N4O4S. The Balaban J connectivity index is 1.71. The lowest BCUT2D eigenvalue weighted by Crippen LogP contribution is -2.43. The van der Waals surface area contributed by atoms with Gasteiger partial charge in [-0.05, 0) is 0 Å². The molecule has 3 heterocycles. The third kappa shape index (κ3) is 3.47. The highest BCUT2D eigenvalue weighted by atomic mass is 32.2. The molecule has 3 N–H and O–H groups in total. The molecule has 2 aliphatic heterocycles. The van der Waals surface area contributed by atoms with Crippen molar-refractivity contribution in [1.29, 1.82) is 0 Å². The highest BCUT2D eigenvalue weighted by Gasteiger charge is 2.38. The van der Waals surface area contributed by atoms with Crippen LogP contribution in [0.15, 0.2) is 23.2 Å². The van der Waals surface area contributed by atoms with Gasteiger partial charge in [0, 0.05) is 56.1 Å². The van der Waals surface area contributed by atoms with E-state index in [0.717, 1.165) is 0 Å². The van der Waals surface area contributed by atoms with Gasteiger partial charge in [0.1, 0.15) is 4.90 Å². The first kappa shape index (κ1) is 19.7. The summed E-state index contributed by atoms with van der Waals surface area (Å²) in [6.07, 6.45) is 1.22. The number of rotatable bonds is 2. The minimum atomic E-state index is -3.97. The average molecular weight is 430 g/mol. The molecule has 29 heavy (non-hydrogen) atoms. The van der Waals surface area contributed by atoms with Crippen molar-refractivity contribution in [2.75, 3.05) is 25.0 Å². The minimum absolute atomic E-state index is 0.130. The maximum Gasteiger partial charge on any atom is 0.276 e. The third-order valence-corrected chi connectivity index (χ3v) is 6.42. The maximum absolute atomic E-state index is 13.4. The van der Waals surface area contributed by atoms with Crippen LogP contribution < -0.4 is 20.1 Å². The van der Waals surface area contributed by atoms with E-state index in [0.29, 0.717) is 25.2 Å². The first-order chi connectivity index (χ1) is 13.7. The van der Waals surface area contributed by atoms with E-state index in [1.54, 1.807) is 0 Å². The van der Waals surface area contributed by atoms with Gasteiger partial charge in [0.05, 0.1) is 6.61 Å². The quantitative estimate of drug-likeness (QED) is 0.616. The fraction of sp³-hybridized carbons (Fsp3) is 0.353. The molecule has 1 aromatic carbocycles. The first-order valence-corrected chi connectivity index (χ1v) is 10.2. The van der Waals surface area contributed by atoms with E-state index in [1.165, 1.54) is 17.8 Å². The van der Waals surface area contributed by atoms with Crippen molar-refractivity contribution in [1.82, 2.24) is 14.6 Å². The van der Waals surface area contributed by atoms with E-state index in [4.69, 9.17) is 4.74 Å². The number of nitrogens with zero attached hydrogens (tertiary/aromatic N) is 1. The topological polar surface area (TPSA) is 101 Å². The number of carbonyl (C=O) groups is 1. The second kappa shape index (κ2) is 7.04. The largest absolute Gasteiger partial charge is 0.489 e. The molecule has 8 nitrogen and oxygen atoms in total. The number of anilines is 1. The zero-order chi connectivity index (χ0) is 20.9. The van der Waals surface area contributed by atoms with E-state index < -0.39 is 33.4 Å². The number of amides is 1. The van der Waals surface area contributed by atoms with Crippen molar-refractivity contribution in [2.45, 2.75) is 10.9 Å². The Hall–Kier alpha value is -2.57. The fourth-order valence-corrected chi connectivity index (χ4v) is 4.99. The number of ether oxygens (including phenoxy) is 1. The predicted octanol–water partition coefficient (Wildman–Crippen LogP) is 0.953. The number of sulfonamides is 1. The summed E-state index contributed by atoms with van der Waals surface area (Å²) in [5, 5.41) is 5.32. The number of benzene rings is 1. The van der Waals surface area contributed by atoms with E-state index in [2.05, 4.69) is 15.4 Å². The molecule has 156 valence electrons. The molecule has 2 atom stereocenters. The Labute approximate surface area is 164 Å². The van der Waals surface area contributed by atoms with Crippen LogP contribution in [-0.4, -0.2) is 44.6 Å². The zero-order valence-corrected chi connectivity index (χ0v) is 15.9. The van der Waals surface area contributed by atoms with Gasteiger partial charge in [-0.15, -0.1) is 0 Å². The molecule has 1 fully saturated rings. The lowest BCUT2D eigenvalue weighted by molar-refractivity contribution is 0.101. The molecule has 2 unspecified atom stereocenters. The van der Waals surface area contributed by atoms with E-state index in [1.807, 2.05) is 0 Å². The lowest BCUT2D eigenvalue weighted by Gasteiger charge is -2.24. The number of aryl methyl sites for hydroxylation is 1. The van der Waals surface area contributed by atoms with Gasteiger partial charge in [-0.25, -0.2) is 26.3 Å². The van der Waals surface area contributed by atoms with Crippen LogP contribution >= 0.6 is 0 Å². The highest BCUT2D eigenvalue weighted by molar-refractivity contribution is 7.89. The van der Waals surface area contributed by atoms with Crippen molar-refractivity contribution < 1.29 is 31.1 Å². The smallest absolute Gasteiger partial charge is 0.276 e. The first-order valence-electron chi connectivity index (χ1n) is 8.68. The summed E-state index contributed by atoms with van der Waals surface area (Å²) in [6.45, 7) is 1.17. The summed E-state index contributed by atoms with van der Waals surface area (Å²) >= 11 is 0. The molecule has 1 saturated heterocycles. The molecule has 2 aromatic rings. The lowest BCUT2D eigenvalue weighted by atomic mass is 10.1. The molecule has 4 rings (SSSR count). The van der Waals surface area contributed by atoms with Crippen molar-refractivity contribution in [3.05, 3.63) is 41.5 Å². The van der Waals surface area contributed by atoms with Crippen molar-refractivity contribution >= 4 is 21.6 Å². The van der Waals surface area contributed by atoms with Crippen LogP contribution in [0.3, 0.4) is 0 Å². The zero-order valence-electron chi connectivity index (χ0n) is 15.1. The van der Waals surface area contributed by atoms with E-state index in [-0.39, 0.29) is 40.6 Å². The van der Waals surface area contributed by atoms with Gasteiger partial charge in [0.15, 0.2) is 28.9 Å². The van der Waals surface area contributed by atoms with Crippen LogP contribution in [-0.2, 0) is 17.1 Å². The normalized spacial score (nSPS) is 22.8. The molecule has 12 heteroatoms. The predicted molar refractivity (Wildman–Crippen MR) is 95.6 cm³/mol. The highest BCUT2D eigenvalue weighted by Crippen LogP contribution is 2.34. The van der Waals surface area contributed by atoms with Crippen molar-refractivity contribution in [2.24, 2.45) is 13.0 Å². The summed E-state index contributed by atoms with van der Waals surface area (Å²) < 4.78 is 75.0. The number of carbonyl (C=O) groups excluding carboxylic acids is 1. The Kier molecular flexibility index (Phi) is 4.79. The van der Waals surface area contributed by atoms with Crippen LogP contribution in [0.4, 0.5) is 18.9 Å². The van der Waals surface area contributed by atoms with Crippen molar-refractivity contribution in [3.8, 4) is 5.75 Å². The average Bonchev–Trinajstić information content (AvgIpc) is 3.20. The fourth-order valence-electron chi connectivity index (χ4n) is 3.49. The minimum Gasteiger partial charge on any atom is -0.489 e. The molecule has 1 amide bonds. The van der Waals surface area contributed by atoms with Crippen LogP contribution in [0.2, 0.25) is 0 Å².